The lowest BCUT2D eigenvalue weighted by atomic mass is 9.99. The first-order valence-corrected chi connectivity index (χ1v) is 4.84. The summed E-state index contributed by atoms with van der Waals surface area (Å²) in [5.41, 5.74) is 3.14. The van der Waals surface area contributed by atoms with Crippen molar-refractivity contribution in [2.24, 2.45) is 5.92 Å². The van der Waals surface area contributed by atoms with Gasteiger partial charge in [0.15, 0.2) is 0 Å². The lowest BCUT2D eigenvalue weighted by molar-refractivity contribution is 0.0695. The molecule has 3 nitrogen and oxygen atoms in total. The van der Waals surface area contributed by atoms with Crippen molar-refractivity contribution in [3.8, 4) is 0 Å². The molecule has 1 rings (SSSR count). The summed E-state index contributed by atoms with van der Waals surface area (Å²) in [6.07, 6.45) is 0.817. The van der Waals surface area contributed by atoms with E-state index in [0.717, 1.165) is 23.4 Å². The highest BCUT2D eigenvalue weighted by Crippen LogP contribution is 2.21. The van der Waals surface area contributed by atoms with E-state index in [1.807, 2.05) is 6.92 Å². The second kappa shape index (κ2) is 3.86. The third-order valence-electron chi connectivity index (χ3n) is 2.33. The Balaban J connectivity index is 3.18. The molecule has 0 unspecified atom stereocenters. The molecule has 78 valence electrons. The molecular weight excluding hydrogens is 178 g/mol. The number of nitrogens with one attached hydrogen (secondary N) is 1. The molecule has 1 aromatic heterocycles. The van der Waals surface area contributed by atoms with Gasteiger partial charge in [-0.3, -0.25) is 0 Å². The first-order valence-electron chi connectivity index (χ1n) is 4.84. The van der Waals surface area contributed by atoms with E-state index in [2.05, 4.69) is 18.8 Å². The Morgan fingerprint density at radius 1 is 1.36 bits per heavy atom. The highest BCUT2D eigenvalue weighted by Gasteiger charge is 2.18. The summed E-state index contributed by atoms with van der Waals surface area (Å²) in [5.74, 6) is -0.357. The van der Waals surface area contributed by atoms with E-state index in [0.29, 0.717) is 11.5 Å². The number of carbonyl (C=O) groups is 1. The first-order chi connectivity index (χ1) is 6.43. The molecule has 0 spiro atoms. The van der Waals surface area contributed by atoms with Crippen LogP contribution in [0, 0.1) is 19.8 Å². The molecule has 1 aromatic rings. The Morgan fingerprint density at radius 3 is 2.36 bits per heavy atom. The van der Waals surface area contributed by atoms with Gasteiger partial charge in [-0.2, -0.15) is 0 Å². The van der Waals surface area contributed by atoms with Crippen LogP contribution in [0.2, 0.25) is 0 Å². The average molecular weight is 195 g/mol. The maximum Gasteiger partial charge on any atom is 0.337 e. The molecule has 0 aliphatic carbocycles. The molecule has 0 aromatic carbocycles. The van der Waals surface area contributed by atoms with Crippen molar-refractivity contribution in [1.82, 2.24) is 4.98 Å². The second-order valence-corrected chi connectivity index (χ2v) is 4.13. The standard InChI is InChI=1S/C11H17NO2/c1-6(2)5-9-7(3)12-8(4)10(9)11(13)14/h6,12H,5H2,1-4H3,(H,13,14). The number of aromatic carboxylic acids is 1. The van der Waals surface area contributed by atoms with Crippen LogP contribution in [0.3, 0.4) is 0 Å². The van der Waals surface area contributed by atoms with Gasteiger partial charge >= 0.3 is 5.97 Å². The van der Waals surface area contributed by atoms with Gasteiger partial charge in [-0.15, -0.1) is 0 Å². The lowest BCUT2D eigenvalue weighted by Gasteiger charge is -2.05. The Hall–Kier alpha value is -1.25. The molecule has 0 amide bonds. The number of hydrogen-bond acceptors (Lipinski definition) is 1. The summed E-state index contributed by atoms with van der Waals surface area (Å²) in [7, 11) is 0. The van der Waals surface area contributed by atoms with E-state index in [9.17, 15) is 4.79 Å². The van der Waals surface area contributed by atoms with Crippen molar-refractivity contribution >= 4 is 5.97 Å². The molecule has 0 saturated heterocycles. The van der Waals surface area contributed by atoms with Crippen LogP contribution in [0.1, 0.15) is 41.2 Å². The Kier molecular flexibility index (Phi) is 2.99. The van der Waals surface area contributed by atoms with E-state index >= 15 is 0 Å². The molecule has 0 bridgehead atoms. The largest absolute Gasteiger partial charge is 0.478 e. The minimum Gasteiger partial charge on any atom is -0.478 e. The van der Waals surface area contributed by atoms with E-state index in [1.165, 1.54) is 0 Å². The molecule has 0 aliphatic rings. The van der Waals surface area contributed by atoms with E-state index in [4.69, 9.17) is 5.11 Å². The summed E-state index contributed by atoms with van der Waals surface area (Å²) in [6.45, 7) is 7.91. The van der Waals surface area contributed by atoms with Crippen LogP contribution in [-0.4, -0.2) is 16.1 Å². The number of hydrogen-bond donors (Lipinski definition) is 2. The normalized spacial score (nSPS) is 10.9. The third-order valence-corrected chi connectivity index (χ3v) is 2.33. The van der Waals surface area contributed by atoms with Crippen LogP contribution in [0.15, 0.2) is 0 Å². The Morgan fingerprint density at radius 2 is 1.93 bits per heavy atom. The number of aryl methyl sites for hydroxylation is 2. The molecule has 0 saturated carbocycles. The van der Waals surface area contributed by atoms with Crippen molar-refractivity contribution in [3.63, 3.8) is 0 Å². The number of rotatable bonds is 3. The smallest absolute Gasteiger partial charge is 0.337 e. The number of H-pyrrole nitrogens is 1. The molecule has 0 atom stereocenters. The van der Waals surface area contributed by atoms with Gasteiger partial charge in [-0.25, -0.2) is 4.79 Å². The molecule has 0 aliphatic heterocycles. The number of carboxylic acid groups (broad SMARTS) is 1. The van der Waals surface area contributed by atoms with Crippen LogP contribution >= 0.6 is 0 Å². The maximum atomic E-state index is 11.0. The fraction of sp³-hybridized carbons (Fsp3) is 0.545. The predicted octanol–water partition coefficient (Wildman–Crippen LogP) is 2.53. The third kappa shape index (κ3) is 1.97. The first kappa shape index (κ1) is 10.8. The zero-order chi connectivity index (χ0) is 10.9. The highest BCUT2D eigenvalue weighted by molar-refractivity contribution is 5.91. The maximum absolute atomic E-state index is 11.0. The van der Waals surface area contributed by atoms with E-state index in [-0.39, 0.29) is 0 Å². The average Bonchev–Trinajstić information content (AvgIpc) is 2.25. The number of aromatic amines is 1. The highest BCUT2D eigenvalue weighted by atomic mass is 16.4. The van der Waals surface area contributed by atoms with Gasteiger partial charge in [-0.05, 0) is 31.7 Å². The molecule has 14 heavy (non-hydrogen) atoms. The molecular formula is C11H17NO2. The minimum atomic E-state index is -0.831. The van der Waals surface area contributed by atoms with Crippen molar-refractivity contribution in [3.05, 3.63) is 22.5 Å². The number of carboxylic acids is 1. The van der Waals surface area contributed by atoms with Gasteiger partial charge in [-0.1, -0.05) is 13.8 Å². The van der Waals surface area contributed by atoms with Crippen molar-refractivity contribution in [1.29, 1.82) is 0 Å². The fourth-order valence-electron chi connectivity index (χ4n) is 1.79. The van der Waals surface area contributed by atoms with Gasteiger partial charge in [0.05, 0.1) is 5.56 Å². The van der Waals surface area contributed by atoms with Crippen LogP contribution in [-0.2, 0) is 6.42 Å². The van der Waals surface area contributed by atoms with Gasteiger partial charge in [0, 0.05) is 11.4 Å². The van der Waals surface area contributed by atoms with Gasteiger partial charge < -0.3 is 10.1 Å². The summed E-state index contributed by atoms with van der Waals surface area (Å²) >= 11 is 0. The Labute approximate surface area is 84.2 Å². The Bertz CT molecular complexity index is 350. The second-order valence-electron chi connectivity index (χ2n) is 4.13. The summed E-state index contributed by atoms with van der Waals surface area (Å²) in [6, 6.07) is 0. The zero-order valence-corrected chi connectivity index (χ0v) is 9.14. The summed E-state index contributed by atoms with van der Waals surface area (Å²) in [5, 5.41) is 9.05. The molecule has 2 N–H and O–H groups in total. The number of aromatic nitrogens is 1. The van der Waals surface area contributed by atoms with Crippen LogP contribution in [0.4, 0.5) is 0 Å². The van der Waals surface area contributed by atoms with Crippen molar-refractivity contribution < 1.29 is 9.90 Å². The van der Waals surface area contributed by atoms with E-state index < -0.39 is 5.97 Å². The quantitative estimate of drug-likeness (QED) is 0.778. The van der Waals surface area contributed by atoms with Crippen LogP contribution < -0.4 is 0 Å². The summed E-state index contributed by atoms with van der Waals surface area (Å²) < 4.78 is 0. The minimum absolute atomic E-state index is 0.455. The SMILES string of the molecule is Cc1[nH]c(C)c(C(=O)O)c1CC(C)C. The van der Waals surface area contributed by atoms with E-state index in [1.54, 1.807) is 6.92 Å². The molecule has 0 fully saturated rings. The molecule has 1 heterocycles. The zero-order valence-electron chi connectivity index (χ0n) is 9.14. The lowest BCUT2D eigenvalue weighted by Crippen LogP contribution is -2.04. The van der Waals surface area contributed by atoms with Crippen LogP contribution in [0.25, 0.3) is 0 Å². The van der Waals surface area contributed by atoms with Gasteiger partial charge in [0.25, 0.3) is 0 Å². The van der Waals surface area contributed by atoms with Crippen molar-refractivity contribution in [2.45, 2.75) is 34.1 Å². The van der Waals surface area contributed by atoms with Gasteiger partial charge in [0.2, 0.25) is 0 Å². The molecule has 3 heteroatoms. The summed E-state index contributed by atoms with van der Waals surface area (Å²) in [4.78, 5) is 14.1. The topological polar surface area (TPSA) is 53.1 Å². The van der Waals surface area contributed by atoms with Crippen molar-refractivity contribution in [2.75, 3.05) is 0 Å². The molecule has 0 radical (unpaired) electrons. The monoisotopic (exact) mass is 195 g/mol. The van der Waals surface area contributed by atoms with Crippen LogP contribution in [0.5, 0.6) is 0 Å². The predicted molar refractivity (Wildman–Crippen MR) is 55.8 cm³/mol. The fourth-order valence-corrected chi connectivity index (χ4v) is 1.79. The van der Waals surface area contributed by atoms with Gasteiger partial charge in [0.1, 0.15) is 0 Å².